The second kappa shape index (κ2) is 6.94. The highest BCUT2D eigenvalue weighted by Crippen LogP contribution is 2.32. The van der Waals surface area contributed by atoms with Crippen molar-refractivity contribution in [2.45, 2.75) is 13.0 Å². The van der Waals surface area contributed by atoms with Crippen molar-refractivity contribution in [3.63, 3.8) is 0 Å². The Labute approximate surface area is 147 Å². The largest absolute Gasteiger partial charge is 0.363 e. The molecule has 0 aliphatic carbocycles. The molecule has 2 heterocycles. The van der Waals surface area contributed by atoms with Crippen molar-refractivity contribution in [3.8, 4) is 0 Å². The molecule has 0 amide bonds. The van der Waals surface area contributed by atoms with E-state index in [9.17, 15) is 10.1 Å². The van der Waals surface area contributed by atoms with Crippen LogP contribution in [0.15, 0.2) is 34.2 Å². The van der Waals surface area contributed by atoms with Gasteiger partial charge in [0.05, 0.1) is 11.0 Å². The Bertz CT molecular complexity index is 687. The maximum absolute atomic E-state index is 11.3. The number of nitro benzene ring substituents is 1. The first-order valence-corrected chi connectivity index (χ1v) is 9.06. The number of hydrogen-bond donors (Lipinski definition) is 0. The molecule has 1 fully saturated rings. The summed E-state index contributed by atoms with van der Waals surface area (Å²) in [4.78, 5) is 19.8. The van der Waals surface area contributed by atoms with Gasteiger partial charge in [-0.05, 0) is 19.1 Å². The molecule has 0 saturated carbocycles. The zero-order chi connectivity index (χ0) is 16.4. The maximum atomic E-state index is 11.3. The highest BCUT2D eigenvalue weighted by Gasteiger charge is 2.27. The zero-order valence-corrected chi connectivity index (χ0v) is 15.1. The van der Waals surface area contributed by atoms with Crippen molar-refractivity contribution in [2.75, 3.05) is 31.1 Å². The van der Waals surface area contributed by atoms with Gasteiger partial charge < -0.3 is 4.90 Å². The summed E-state index contributed by atoms with van der Waals surface area (Å²) in [7, 11) is 0. The summed E-state index contributed by atoms with van der Waals surface area (Å²) in [6, 6.07) is 5.53. The summed E-state index contributed by atoms with van der Waals surface area (Å²) >= 11 is 4.97. The monoisotopic (exact) mass is 396 g/mol. The van der Waals surface area contributed by atoms with Gasteiger partial charge in [0.1, 0.15) is 10.7 Å². The molecule has 6 nitrogen and oxygen atoms in total. The molecule has 2 aromatic rings. The minimum Gasteiger partial charge on any atom is -0.363 e. The number of nitro groups is 1. The SMILES string of the molecule is CC(c1nccs1)N1CCN(c2ccc(Br)cc2[N+](=O)[O-])CC1. The number of thiazole rings is 1. The van der Waals surface area contributed by atoms with E-state index in [1.165, 1.54) is 0 Å². The molecular formula is C15H17BrN4O2S. The van der Waals surface area contributed by atoms with Crippen LogP contribution in [0.5, 0.6) is 0 Å². The summed E-state index contributed by atoms with van der Waals surface area (Å²) < 4.78 is 0.726. The second-order valence-corrected chi connectivity index (χ2v) is 7.30. The third kappa shape index (κ3) is 3.54. The fraction of sp³-hybridized carbons (Fsp3) is 0.400. The average molecular weight is 397 g/mol. The number of benzene rings is 1. The van der Waals surface area contributed by atoms with E-state index in [1.54, 1.807) is 17.4 Å². The Hall–Kier alpha value is -1.51. The fourth-order valence-corrected chi connectivity index (χ4v) is 3.94. The van der Waals surface area contributed by atoms with Crippen molar-refractivity contribution >= 4 is 38.6 Å². The summed E-state index contributed by atoms with van der Waals surface area (Å²) in [5.74, 6) is 0. The summed E-state index contributed by atoms with van der Waals surface area (Å²) in [5.41, 5.74) is 0.848. The lowest BCUT2D eigenvalue weighted by molar-refractivity contribution is -0.384. The highest BCUT2D eigenvalue weighted by molar-refractivity contribution is 9.10. The molecule has 1 aromatic heterocycles. The minimum absolute atomic E-state index is 0.154. The summed E-state index contributed by atoms with van der Waals surface area (Å²) in [6.07, 6.45) is 1.83. The predicted octanol–water partition coefficient (Wildman–Crippen LogP) is 3.70. The van der Waals surface area contributed by atoms with Crippen LogP contribution >= 0.6 is 27.3 Å². The Morgan fingerprint density at radius 3 is 2.70 bits per heavy atom. The van der Waals surface area contributed by atoms with Crippen LogP contribution in [-0.4, -0.2) is 41.0 Å². The van der Waals surface area contributed by atoms with Gasteiger partial charge in [-0.3, -0.25) is 15.0 Å². The normalized spacial score (nSPS) is 17.2. The number of piperazine rings is 1. The maximum Gasteiger partial charge on any atom is 0.293 e. The Balaban J connectivity index is 1.71. The van der Waals surface area contributed by atoms with E-state index in [-0.39, 0.29) is 16.7 Å². The third-order valence-corrected chi connectivity index (χ3v) is 5.58. The van der Waals surface area contributed by atoms with E-state index in [1.807, 2.05) is 23.7 Å². The molecule has 3 rings (SSSR count). The average Bonchev–Trinajstić information content (AvgIpc) is 3.09. The standard InChI is InChI=1S/C15H17BrN4O2S/c1-11(15-17-4-9-23-15)18-5-7-19(8-6-18)13-3-2-12(16)10-14(13)20(21)22/h2-4,9-11H,5-8H2,1H3. The van der Waals surface area contributed by atoms with E-state index in [4.69, 9.17) is 0 Å². The number of hydrogen-bond acceptors (Lipinski definition) is 6. The number of rotatable bonds is 4. The van der Waals surface area contributed by atoms with E-state index >= 15 is 0 Å². The molecule has 1 aromatic carbocycles. The molecule has 0 N–H and O–H groups in total. The van der Waals surface area contributed by atoms with Crippen molar-refractivity contribution in [1.82, 2.24) is 9.88 Å². The summed E-state index contributed by atoms with van der Waals surface area (Å²) in [6.45, 7) is 5.45. The molecule has 1 aliphatic rings. The molecule has 1 aliphatic heterocycles. The lowest BCUT2D eigenvalue weighted by atomic mass is 10.2. The van der Waals surface area contributed by atoms with E-state index in [0.717, 1.165) is 35.7 Å². The van der Waals surface area contributed by atoms with Gasteiger partial charge in [-0.2, -0.15) is 0 Å². The first kappa shape index (κ1) is 16.4. The number of halogens is 1. The molecule has 0 radical (unpaired) electrons. The molecule has 8 heteroatoms. The van der Waals surface area contributed by atoms with Crippen LogP contribution < -0.4 is 4.90 Å². The molecule has 1 saturated heterocycles. The van der Waals surface area contributed by atoms with Gasteiger partial charge in [-0.15, -0.1) is 11.3 Å². The number of aromatic nitrogens is 1. The lowest BCUT2D eigenvalue weighted by Gasteiger charge is -2.38. The third-order valence-electron chi connectivity index (χ3n) is 4.15. The first-order chi connectivity index (χ1) is 11.1. The van der Waals surface area contributed by atoms with Crippen LogP contribution in [0.3, 0.4) is 0 Å². The lowest BCUT2D eigenvalue weighted by Crippen LogP contribution is -2.47. The molecule has 23 heavy (non-hydrogen) atoms. The van der Waals surface area contributed by atoms with Gasteiger partial charge in [0, 0.05) is 48.3 Å². The Morgan fingerprint density at radius 2 is 2.09 bits per heavy atom. The number of anilines is 1. The Kier molecular flexibility index (Phi) is 4.93. The van der Waals surface area contributed by atoms with Crippen LogP contribution in [0, 0.1) is 10.1 Å². The zero-order valence-electron chi connectivity index (χ0n) is 12.7. The van der Waals surface area contributed by atoms with Gasteiger partial charge in [-0.1, -0.05) is 15.9 Å². The van der Waals surface area contributed by atoms with E-state index < -0.39 is 0 Å². The van der Waals surface area contributed by atoms with Crippen LogP contribution in [0.2, 0.25) is 0 Å². The van der Waals surface area contributed by atoms with Crippen molar-refractivity contribution in [3.05, 3.63) is 49.4 Å². The van der Waals surface area contributed by atoms with Gasteiger partial charge >= 0.3 is 0 Å². The number of nitrogens with zero attached hydrogens (tertiary/aromatic N) is 4. The van der Waals surface area contributed by atoms with Crippen molar-refractivity contribution in [1.29, 1.82) is 0 Å². The molecule has 1 unspecified atom stereocenters. The van der Waals surface area contributed by atoms with Crippen LogP contribution in [0.1, 0.15) is 18.0 Å². The smallest absolute Gasteiger partial charge is 0.293 e. The minimum atomic E-state index is -0.315. The molecule has 122 valence electrons. The van der Waals surface area contributed by atoms with Crippen LogP contribution in [-0.2, 0) is 0 Å². The fourth-order valence-electron chi connectivity index (χ4n) is 2.86. The van der Waals surface area contributed by atoms with Gasteiger partial charge in [0.25, 0.3) is 5.69 Å². The van der Waals surface area contributed by atoms with Gasteiger partial charge in [0.2, 0.25) is 0 Å². The molecular weight excluding hydrogens is 380 g/mol. The van der Waals surface area contributed by atoms with Gasteiger partial charge in [-0.25, -0.2) is 4.98 Å². The Morgan fingerprint density at radius 1 is 1.35 bits per heavy atom. The molecule has 0 bridgehead atoms. The van der Waals surface area contributed by atoms with E-state index in [0.29, 0.717) is 5.69 Å². The van der Waals surface area contributed by atoms with Gasteiger partial charge in [0.15, 0.2) is 0 Å². The molecule has 1 atom stereocenters. The first-order valence-electron chi connectivity index (χ1n) is 7.38. The second-order valence-electron chi connectivity index (χ2n) is 5.46. The van der Waals surface area contributed by atoms with Crippen LogP contribution in [0.25, 0.3) is 0 Å². The summed E-state index contributed by atoms with van der Waals surface area (Å²) in [5, 5.41) is 14.4. The van der Waals surface area contributed by atoms with Crippen molar-refractivity contribution in [2.24, 2.45) is 0 Å². The molecule has 0 spiro atoms. The highest BCUT2D eigenvalue weighted by atomic mass is 79.9. The predicted molar refractivity (Wildman–Crippen MR) is 95.1 cm³/mol. The van der Waals surface area contributed by atoms with E-state index in [2.05, 4.69) is 37.6 Å². The topological polar surface area (TPSA) is 62.5 Å². The quantitative estimate of drug-likeness (QED) is 0.582. The van der Waals surface area contributed by atoms with Crippen LogP contribution in [0.4, 0.5) is 11.4 Å². The van der Waals surface area contributed by atoms with Crippen molar-refractivity contribution < 1.29 is 4.92 Å².